The monoisotopic (exact) mass is 216 g/mol. The molecule has 0 heterocycles. The number of nitro benzene ring substituents is 1. The fourth-order valence-corrected chi connectivity index (χ4v) is 1.05. The topological polar surface area (TPSA) is 55.2 Å². The fourth-order valence-electron chi connectivity index (χ4n) is 1.05. The number of hydrogen-bond acceptors (Lipinski definition) is 3. The minimum Gasteiger partial charge on any atom is -0.313 e. The molecule has 0 spiro atoms. The first-order valence-corrected chi connectivity index (χ1v) is 4.06. The SMILES string of the molecule is CN[C@@H](C)c1ccc([N+](=O)[O-])cc1.Cl. The summed E-state index contributed by atoms with van der Waals surface area (Å²) in [6.45, 7) is 2.00. The average molecular weight is 217 g/mol. The summed E-state index contributed by atoms with van der Waals surface area (Å²) in [7, 11) is 1.85. The van der Waals surface area contributed by atoms with Gasteiger partial charge in [0.2, 0.25) is 0 Å². The first kappa shape index (κ1) is 12.9. The number of halogens is 1. The molecule has 0 bridgehead atoms. The molecule has 14 heavy (non-hydrogen) atoms. The van der Waals surface area contributed by atoms with Crippen molar-refractivity contribution in [2.75, 3.05) is 7.05 Å². The first-order chi connectivity index (χ1) is 6.15. The third-order valence-corrected chi connectivity index (χ3v) is 2.04. The maximum atomic E-state index is 10.3. The molecule has 1 N–H and O–H groups in total. The Balaban J connectivity index is 0.00000169. The molecular weight excluding hydrogens is 204 g/mol. The molecule has 0 fully saturated rings. The number of benzene rings is 1. The Bertz CT molecular complexity index is 300. The minimum absolute atomic E-state index is 0. The quantitative estimate of drug-likeness (QED) is 0.623. The lowest BCUT2D eigenvalue weighted by Crippen LogP contribution is -2.11. The van der Waals surface area contributed by atoms with Gasteiger partial charge in [0.05, 0.1) is 4.92 Å². The lowest BCUT2D eigenvalue weighted by atomic mass is 10.1. The van der Waals surface area contributed by atoms with Crippen molar-refractivity contribution in [2.45, 2.75) is 13.0 Å². The van der Waals surface area contributed by atoms with Gasteiger partial charge >= 0.3 is 0 Å². The van der Waals surface area contributed by atoms with Crippen LogP contribution in [0.5, 0.6) is 0 Å². The molecule has 0 saturated carbocycles. The van der Waals surface area contributed by atoms with Gasteiger partial charge in [0, 0.05) is 18.2 Å². The zero-order chi connectivity index (χ0) is 9.84. The number of hydrogen-bond donors (Lipinski definition) is 1. The van der Waals surface area contributed by atoms with E-state index in [1.165, 1.54) is 12.1 Å². The van der Waals surface area contributed by atoms with Gasteiger partial charge in [-0.2, -0.15) is 0 Å². The Morgan fingerprint density at radius 3 is 2.21 bits per heavy atom. The predicted molar refractivity (Wildman–Crippen MR) is 57.8 cm³/mol. The Morgan fingerprint density at radius 1 is 1.36 bits per heavy atom. The van der Waals surface area contributed by atoms with Crippen LogP contribution in [0.3, 0.4) is 0 Å². The zero-order valence-corrected chi connectivity index (χ0v) is 8.88. The lowest BCUT2D eigenvalue weighted by molar-refractivity contribution is -0.384. The summed E-state index contributed by atoms with van der Waals surface area (Å²) in [5, 5.41) is 13.4. The van der Waals surface area contributed by atoms with Gasteiger partial charge in [0.1, 0.15) is 0 Å². The van der Waals surface area contributed by atoms with E-state index >= 15 is 0 Å². The molecule has 0 radical (unpaired) electrons. The summed E-state index contributed by atoms with van der Waals surface area (Å²) in [5.74, 6) is 0. The van der Waals surface area contributed by atoms with Crippen LogP contribution in [0.15, 0.2) is 24.3 Å². The molecule has 0 saturated heterocycles. The van der Waals surface area contributed by atoms with E-state index in [1.54, 1.807) is 12.1 Å². The summed E-state index contributed by atoms with van der Waals surface area (Å²) in [6, 6.07) is 6.78. The second-order valence-corrected chi connectivity index (χ2v) is 2.86. The number of nitrogens with one attached hydrogen (secondary N) is 1. The Kier molecular flexibility index (Phi) is 5.12. The largest absolute Gasteiger partial charge is 0.313 e. The van der Waals surface area contributed by atoms with Crippen LogP contribution in [0, 0.1) is 10.1 Å². The van der Waals surface area contributed by atoms with Gasteiger partial charge < -0.3 is 5.32 Å². The second-order valence-electron chi connectivity index (χ2n) is 2.86. The van der Waals surface area contributed by atoms with E-state index in [-0.39, 0.29) is 24.1 Å². The molecule has 5 heteroatoms. The highest BCUT2D eigenvalue weighted by Crippen LogP contribution is 2.16. The van der Waals surface area contributed by atoms with Crippen LogP contribution in [-0.2, 0) is 0 Å². The lowest BCUT2D eigenvalue weighted by Gasteiger charge is -2.09. The Labute approximate surface area is 88.9 Å². The van der Waals surface area contributed by atoms with Crippen molar-refractivity contribution in [3.05, 3.63) is 39.9 Å². The van der Waals surface area contributed by atoms with Crippen molar-refractivity contribution in [3.8, 4) is 0 Å². The molecule has 78 valence electrons. The van der Waals surface area contributed by atoms with E-state index in [0.717, 1.165) is 5.56 Å². The van der Waals surface area contributed by atoms with Gasteiger partial charge in [-0.1, -0.05) is 12.1 Å². The van der Waals surface area contributed by atoms with Crippen LogP contribution in [0.25, 0.3) is 0 Å². The molecule has 0 aliphatic carbocycles. The summed E-state index contributed by atoms with van der Waals surface area (Å²) in [5.41, 5.74) is 1.18. The predicted octanol–water partition coefficient (Wildman–Crippen LogP) is 2.30. The zero-order valence-electron chi connectivity index (χ0n) is 8.06. The van der Waals surface area contributed by atoms with Crippen molar-refractivity contribution in [1.29, 1.82) is 0 Å². The highest BCUT2D eigenvalue weighted by atomic mass is 35.5. The third kappa shape index (κ3) is 2.97. The van der Waals surface area contributed by atoms with Crippen LogP contribution >= 0.6 is 12.4 Å². The third-order valence-electron chi connectivity index (χ3n) is 2.04. The maximum Gasteiger partial charge on any atom is 0.269 e. The van der Waals surface area contributed by atoms with Crippen molar-refractivity contribution in [3.63, 3.8) is 0 Å². The van der Waals surface area contributed by atoms with E-state index < -0.39 is 4.92 Å². The molecule has 0 unspecified atom stereocenters. The fraction of sp³-hybridized carbons (Fsp3) is 0.333. The van der Waals surface area contributed by atoms with Crippen molar-refractivity contribution < 1.29 is 4.92 Å². The summed E-state index contributed by atoms with van der Waals surface area (Å²) < 4.78 is 0. The normalized spacial score (nSPS) is 11.6. The maximum absolute atomic E-state index is 10.3. The van der Waals surface area contributed by atoms with Gasteiger partial charge in [-0.05, 0) is 19.5 Å². The number of non-ortho nitro benzene ring substituents is 1. The van der Waals surface area contributed by atoms with Crippen LogP contribution in [0.4, 0.5) is 5.69 Å². The summed E-state index contributed by atoms with van der Waals surface area (Å²) in [4.78, 5) is 9.95. The Hall–Kier alpha value is -1.13. The van der Waals surface area contributed by atoms with Crippen molar-refractivity contribution in [2.24, 2.45) is 0 Å². The highest BCUT2D eigenvalue weighted by molar-refractivity contribution is 5.85. The first-order valence-electron chi connectivity index (χ1n) is 4.06. The van der Waals surface area contributed by atoms with Crippen molar-refractivity contribution in [1.82, 2.24) is 5.32 Å². The van der Waals surface area contributed by atoms with E-state index in [4.69, 9.17) is 0 Å². The smallest absolute Gasteiger partial charge is 0.269 e. The van der Waals surface area contributed by atoms with Crippen molar-refractivity contribution >= 4 is 18.1 Å². The highest BCUT2D eigenvalue weighted by Gasteiger charge is 2.06. The molecular formula is C9H13ClN2O2. The standard InChI is InChI=1S/C9H12N2O2.ClH/c1-7(10-2)8-3-5-9(6-4-8)11(12)13;/h3-7,10H,1-2H3;1H/t7-;/m0./s1. The molecule has 1 rings (SSSR count). The summed E-state index contributed by atoms with van der Waals surface area (Å²) >= 11 is 0. The van der Waals surface area contributed by atoms with Crippen LogP contribution < -0.4 is 5.32 Å². The van der Waals surface area contributed by atoms with E-state index in [0.29, 0.717) is 0 Å². The van der Waals surface area contributed by atoms with Gasteiger partial charge in [0.25, 0.3) is 5.69 Å². The van der Waals surface area contributed by atoms with Gasteiger partial charge in [-0.3, -0.25) is 10.1 Å². The van der Waals surface area contributed by atoms with Crippen LogP contribution in [-0.4, -0.2) is 12.0 Å². The van der Waals surface area contributed by atoms with Gasteiger partial charge in [0.15, 0.2) is 0 Å². The van der Waals surface area contributed by atoms with Gasteiger partial charge in [-0.25, -0.2) is 0 Å². The molecule has 0 aliphatic rings. The molecule has 0 aliphatic heterocycles. The molecule has 1 aromatic rings. The minimum atomic E-state index is -0.395. The molecule has 4 nitrogen and oxygen atoms in total. The molecule has 0 amide bonds. The summed E-state index contributed by atoms with van der Waals surface area (Å²) in [6.07, 6.45) is 0. The van der Waals surface area contributed by atoms with Gasteiger partial charge in [-0.15, -0.1) is 12.4 Å². The number of nitro groups is 1. The average Bonchev–Trinajstić information content (AvgIpc) is 2.17. The van der Waals surface area contributed by atoms with E-state index in [1.807, 2.05) is 14.0 Å². The van der Waals surface area contributed by atoms with Crippen LogP contribution in [0.1, 0.15) is 18.5 Å². The van der Waals surface area contributed by atoms with E-state index in [9.17, 15) is 10.1 Å². The number of nitrogens with zero attached hydrogens (tertiary/aromatic N) is 1. The second kappa shape index (κ2) is 5.57. The molecule has 0 aromatic heterocycles. The van der Waals surface area contributed by atoms with E-state index in [2.05, 4.69) is 5.32 Å². The number of rotatable bonds is 3. The van der Waals surface area contributed by atoms with Crippen LogP contribution in [0.2, 0.25) is 0 Å². The molecule has 1 atom stereocenters. The Morgan fingerprint density at radius 2 is 1.86 bits per heavy atom. The molecule has 1 aromatic carbocycles.